The molecule has 4 aliphatic rings. The first-order chi connectivity index (χ1) is 11.1. The molecule has 23 heavy (non-hydrogen) atoms. The van der Waals surface area contributed by atoms with Crippen molar-refractivity contribution in [2.75, 3.05) is 0 Å². The number of amides is 2. The van der Waals surface area contributed by atoms with Gasteiger partial charge in [-0.2, -0.15) is 10.1 Å². The first kappa shape index (κ1) is 13.5. The number of carbonyl (C=O) groups is 2. The summed E-state index contributed by atoms with van der Waals surface area (Å²) in [5, 5.41) is 5.85. The highest BCUT2D eigenvalue weighted by molar-refractivity contribution is 6.30. The minimum Gasteiger partial charge on any atom is -0.272 e. The molecule has 1 heterocycles. The van der Waals surface area contributed by atoms with Gasteiger partial charge in [-0.1, -0.05) is 35.9 Å². The van der Waals surface area contributed by atoms with Crippen LogP contribution in [0.1, 0.15) is 18.4 Å². The zero-order chi connectivity index (χ0) is 15.8. The lowest BCUT2D eigenvalue weighted by Gasteiger charge is -2.18. The fourth-order valence-corrected chi connectivity index (χ4v) is 5.09. The predicted molar refractivity (Wildman–Crippen MR) is 85.7 cm³/mol. The molecule has 2 amide bonds. The lowest BCUT2D eigenvalue weighted by Crippen LogP contribution is -2.30. The second kappa shape index (κ2) is 4.32. The summed E-state index contributed by atoms with van der Waals surface area (Å²) in [5.41, 5.74) is 0.999. The van der Waals surface area contributed by atoms with Crippen LogP contribution >= 0.6 is 11.6 Å². The highest BCUT2D eigenvalue weighted by Crippen LogP contribution is 2.73. The lowest BCUT2D eigenvalue weighted by atomic mass is 9.85. The quantitative estimate of drug-likeness (QED) is 0.476. The molecule has 4 atom stereocenters. The highest BCUT2D eigenvalue weighted by Gasteiger charge is 2.73. The van der Waals surface area contributed by atoms with E-state index in [1.54, 1.807) is 12.1 Å². The van der Waals surface area contributed by atoms with Gasteiger partial charge in [0.1, 0.15) is 0 Å². The molecule has 1 saturated heterocycles. The first-order valence-corrected chi connectivity index (χ1v) is 8.35. The molecule has 2 saturated carbocycles. The Kier molecular flexibility index (Phi) is 2.54. The van der Waals surface area contributed by atoms with E-state index in [-0.39, 0.29) is 40.9 Å². The molecular weight excluding hydrogens is 312 g/mol. The largest absolute Gasteiger partial charge is 0.272 e. The van der Waals surface area contributed by atoms with Crippen LogP contribution < -0.4 is 0 Å². The number of nitrogens with zero attached hydrogens (tertiary/aromatic N) is 2. The Morgan fingerprint density at radius 2 is 1.78 bits per heavy atom. The summed E-state index contributed by atoms with van der Waals surface area (Å²) in [5.74, 6) is -0.198. The summed E-state index contributed by atoms with van der Waals surface area (Å²) in [6, 6.07) is 7.17. The third-order valence-electron chi connectivity index (χ3n) is 6.00. The Hall–Kier alpha value is -1.94. The van der Waals surface area contributed by atoms with Crippen LogP contribution in [0.3, 0.4) is 0 Å². The van der Waals surface area contributed by atoms with Crippen LogP contribution in [-0.4, -0.2) is 23.0 Å². The predicted octanol–water partition coefficient (Wildman–Crippen LogP) is 2.87. The minimum absolute atomic E-state index is 0.138. The maximum absolute atomic E-state index is 12.7. The van der Waals surface area contributed by atoms with Crippen LogP contribution in [-0.2, 0) is 9.59 Å². The number of hydrogen-bond donors (Lipinski definition) is 0. The highest BCUT2D eigenvalue weighted by atomic mass is 35.5. The average molecular weight is 327 g/mol. The molecule has 5 rings (SSSR count). The second-order valence-electron chi connectivity index (χ2n) is 7.01. The number of carbonyl (C=O) groups excluding carboxylic acids is 2. The molecule has 2 bridgehead atoms. The zero-order valence-corrected chi connectivity index (χ0v) is 13.1. The van der Waals surface area contributed by atoms with E-state index >= 15 is 0 Å². The Morgan fingerprint density at radius 1 is 1.13 bits per heavy atom. The van der Waals surface area contributed by atoms with Gasteiger partial charge in [-0.25, -0.2) is 0 Å². The molecule has 5 heteroatoms. The van der Waals surface area contributed by atoms with E-state index in [1.807, 2.05) is 12.1 Å². The average Bonchev–Trinajstić information content (AvgIpc) is 3.13. The van der Waals surface area contributed by atoms with Crippen molar-refractivity contribution in [3.05, 3.63) is 47.0 Å². The van der Waals surface area contributed by atoms with Gasteiger partial charge < -0.3 is 0 Å². The summed E-state index contributed by atoms with van der Waals surface area (Å²) < 4.78 is 0. The van der Waals surface area contributed by atoms with E-state index in [1.165, 1.54) is 6.21 Å². The molecule has 4 nitrogen and oxygen atoms in total. The molecule has 3 fully saturated rings. The minimum atomic E-state index is -0.198. The summed E-state index contributed by atoms with van der Waals surface area (Å²) in [6.07, 6.45) is 8.15. The SMILES string of the molecule is O=C1[C@@H]2[C@H](C(=O)N1/N=C\c1cccc(Cl)c1)[C@@H]1C=C[C@@H]2C12CC2. The Balaban J connectivity index is 1.44. The summed E-state index contributed by atoms with van der Waals surface area (Å²) in [4.78, 5) is 25.4. The number of fused-ring (bicyclic) bond motifs is 3. The zero-order valence-electron chi connectivity index (χ0n) is 12.4. The number of benzene rings is 1. The third kappa shape index (κ3) is 1.65. The van der Waals surface area contributed by atoms with E-state index < -0.39 is 0 Å². The van der Waals surface area contributed by atoms with Gasteiger partial charge in [0.25, 0.3) is 11.8 Å². The van der Waals surface area contributed by atoms with Gasteiger partial charge in [-0.15, -0.1) is 0 Å². The van der Waals surface area contributed by atoms with Crippen molar-refractivity contribution in [1.29, 1.82) is 0 Å². The standard InChI is InChI=1S/C18H15ClN2O2/c19-11-3-1-2-10(8-11)9-20-21-16(22)14-12-4-5-13(15(14)17(21)23)18(12)6-7-18/h1-5,8-9,12-15H,6-7H2/b20-9-/t12-,13-,14-,15+/m0/s1. The fraction of sp³-hybridized carbons (Fsp3) is 0.389. The van der Waals surface area contributed by atoms with E-state index in [0.717, 1.165) is 23.4 Å². The Morgan fingerprint density at radius 3 is 2.35 bits per heavy atom. The van der Waals surface area contributed by atoms with Crippen LogP contribution in [0, 0.1) is 29.1 Å². The third-order valence-corrected chi connectivity index (χ3v) is 6.24. The Bertz CT molecular complexity index is 762. The first-order valence-electron chi connectivity index (χ1n) is 7.97. The van der Waals surface area contributed by atoms with Gasteiger partial charge in [0.15, 0.2) is 0 Å². The van der Waals surface area contributed by atoms with Gasteiger partial charge in [0.2, 0.25) is 0 Å². The van der Waals surface area contributed by atoms with Crippen molar-refractivity contribution in [2.24, 2.45) is 34.2 Å². The van der Waals surface area contributed by atoms with E-state index in [4.69, 9.17) is 11.6 Å². The number of hydrazone groups is 1. The molecule has 0 N–H and O–H groups in total. The van der Waals surface area contributed by atoms with Crippen molar-refractivity contribution >= 4 is 29.6 Å². The van der Waals surface area contributed by atoms with Crippen LogP contribution in [0.25, 0.3) is 0 Å². The van der Waals surface area contributed by atoms with Crippen molar-refractivity contribution in [3.8, 4) is 0 Å². The molecule has 0 radical (unpaired) electrons. The maximum Gasteiger partial charge on any atom is 0.254 e. The van der Waals surface area contributed by atoms with Crippen molar-refractivity contribution in [2.45, 2.75) is 12.8 Å². The summed E-state index contributed by atoms with van der Waals surface area (Å²) in [7, 11) is 0. The van der Waals surface area contributed by atoms with E-state index in [2.05, 4.69) is 17.3 Å². The number of imide groups is 1. The molecule has 1 spiro atoms. The molecule has 1 aromatic rings. The summed E-state index contributed by atoms with van der Waals surface area (Å²) >= 11 is 5.94. The lowest BCUT2D eigenvalue weighted by molar-refractivity contribution is -0.141. The smallest absolute Gasteiger partial charge is 0.254 e. The van der Waals surface area contributed by atoms with Gasteiger partial charge in [0.05, 0.1) is 18.1 Å². The van der Waals surface area contributed by atoms with Crippen LogP contribution in [0.5, 0.6) is 0 Å². The van der Waals surface area contributed by atoms with E-state index in [9.17, 15) is 9.59 Å². The van der Waals surface area contributed by atoms with Gasteiger partial charge in [0, 0.05) is 5.02 Å². The molecular formula is C18H15ClN2O2. The number of hydrogen-bond acceptors (Lipinski definition) is 3. The van der Waals surface area contributed by atoms with E-state index in [0.29, 0.717) is 5.02 Å². The monoisotopic (exact) mass is 326 g/mol. The van der Waals surface area contributed by atoms with Crippen LogP contribution in [0.4, 0.5) is 0 Å². The van der Waals surface area contributed by atoms with Gasteiger partial charge in [-0.05, 0) is 47.8 Å². The van der Waals surface area contributed by atoms with Crippen molar-refractivity contribution in [3.63, 3.8) is 0 Å². The topological polar surface area (TPSA) is 49.7 Å². The normalized spacial score (nSPS) is 35.8. The van der Waals surface area contributed by atoms with Gasteiger partial charge in [-0.3, -0.25) is 9.59 Å². The van der Waals surface area contributed by atoms with Crippen LogP contribution in [0.15, 0.2) is 41.5 Å². The number of halogens is 1. The second-order valence-corrected chi connectivity index (χ2v) is 7.45. The van der Waals surface area contributed by atoms with Crippen molar-refractivity contribution < 1.29 is 9.59 Å². The van der Waals surface area contributed by atoms with Gasteiger partial charge >= 0.3 is 0 Å². The molecule has 116 valence electrons. The fourth-order valence-electron chi connectivity index (χ4n) is 4.89. The summed E-state index contributed by atoms with van der Waals surface area (Å²) in [6.45, 7) is 0. The Labute approximate surface area is 138 Å². The molecule has 1 aliphatic heterocycles. The molecule has 0 aromatic heterocycles. The number of allylic oxidation sites excluding steroid dienone is 2. The maximum atomic E-state index is 12.7. The van der Waals surface area contributed by atoms with Crippen molar-refractivity contribution in [1.82, 2.24) is 5.01 Å². The molecule has 0 unspecified atom stereocenters. The number of rotatable bonds is 2. The molecule has 1 aromatic carbocycles. The van der Waals surface area contributed by atoms with Crippen LogP contribution in [0.2, 0.25) is 5.02 Å². The molecule has 3 aliphatic carbocycles.